The lowest BCUT2D eigenvalue weighted by atomic mass is 9.82. The van der Waals surface area contributed by atoms with Crippen LogP contribution >= 0.6 is 0 Å². The minimum Gasteiger partial charge on any atom is -0.454 e. The van der Waals surface area contributed by atoms with Crippen LogP contribution in [0.1, 0.15) is 52.0 Å². The molecule has 4 heterocycles. The fourth-order valence-corrected chi connectivity index (χ4v) is 12.0. The van der Waals surface area contributed by atoms with Crippen LogP contribution in [-0.2, 0) is 28.2 Å². The van der Waals surface area contributed by atoms with Gasteiger partial charge < -0.3 is 24.3 Å². The van der Waals surface area contributed by atoms with Crippen molar-refractivity contribution < 1.29 is 29.0 Å². The summed E-state index contributed by atoms with van der Waals surface area (Å²) >= 11 is 0. The number of hydrogen-bond donors (Lipinski definition) is 2. The van der Waals surface area contributed by atoms with E-state index < -0.39 is 20.0 Å². The first kappa shape index (κ1) is 37.6. The first-order valence-electron chi connectivity index (χ1n) is 19.7. The summed E-state index contributed by atoms with van der Waals surface area (Å²) in [6, 6.07) is 39.9. The number of fused-ring (bicyclic) bond motifs is 4. The van der Waals surface area contributed by atoms with Crippen molar-refractivity contribution in [3.63, 3.8) is 0 Å². The highest BCUT2D eigenvalue weighted by Gasteiger charge is 2.66. The molecule has 0 bridgehead atoms. The minimum absolute atomic E-state index is 0.100. The summed E-state index contributed by atoms with van der Waals surface area (Å²) in [4.78, 5) is 44.6. The maximum atomic E-state index is 15.1. The van der Waals surface area contributed by atoms with Gasteiger partial charge in [-0.3, -0.25) is 19.2 Å². The van der Waals surface area contributed by atoms with E-state index in [2.05, 4.69) is 10.3 Å². The van der Waals surface area contributed by atoms with Crippen molar-refractivity contribution in [3.8, 4) is 11.5 Å². The number of carbonyl (C=O) groups excluding carboxylic acids is 2. The van der Waals surface area contributed by atoms with Crippen molar-refractivity contribution in [2.75, 3.05) is 16.4 Å². The molecule has 3 aliphatic heterocycles. The number of aliphatic hydroxyl groups excluding tert-OH is 1. The standard InChI is InChI=1S/C46H45N5O6Si/c1-30-43(58(2,3)55)42(24-25-49-28-37(47-48-49)35(29-52)32-15-5-4-6-16-32)57-46(30)36-19-8-9-20-38(36)50(45(46)54)27-31-14-13-17-33(26-31)51-39-21-10-12-23-41(39)56-40-22-11-7-18-34(40)44(51)53/h4-23,26,28,30,35,42-43,52,55H,24-25,27,29H2,1-3H3/t30-,35?,42+,43-,46+/m0/s1. The quantitative estimate of drug-likeness (QED) is 0.134. The van der Waals surface area contributed by atoms with Crippen LogP contribution in [0.5, 0.6) is 11.5 Å². The molecule has 294 valence electrons. The van der Waals surface area contributed by atoms with Crippen molar-refractivity contribution in [2.24, 2.45) is 5.92 Å². The van der Waals surface area contributed by atoms with Gasteiger partial charge in [0.1, 0.15) is 5.75 Å². The van der Waals surface area contributed by atoms with Crippen molar-refractivity contribution in [3.05, 3.63) is 162 Å². The third-order valence-electron chi connectivity index (χ3n) is 12.0. The van der Waals surface area contributed by atoms with Gasteiger partial charge in [0.15, 0.2) is 19.7 Å². The Kier molecular flexibility index (Phi) is 9.60. The van der Waals surface area contributed by atoms with Gasteiger partial charge in [-0.05, 0) is 73.1 Å². The maximum absolute atomic E-state index is 15.1. The van der Waals surface area contributed by atoms with E-state index in [1.54, 1.807) is 26.6 Å². The lowest BCUT2D eigenvalue weighted by Gasteiger charge is -2.32. The van der Waals surface area contributed by atoms with Crippen LogP contribution in [0.25, 0.3) is 0 Å². The number of rotatable bonds is 10. The number of benzene rings is 5. The molecule has 2 N–H and O–H groups in total. The monoisotopic (exact) mass is 791 g/mol. The molecular weight excluding hydrogens is 747 g/mol. The largest absolute Gasteiger partial charge is 0.454 e. The number of nitrogens with zero attached hydrogens (tertiary/aromatic N) is 5. The highest BCUT2D eigenvalue weighted by atomic mass is 28.4. The molecule has 5 aromatic carbocycles. The molecule has 1 spiro atoms. The average Bonchev–Trinajstić information content (AvgIpc) is 3.86. The van der Waals surface area contributed by atoms with Gasteiger partial charge in [-0.2, -0.15) is 0 Å². The minimum atomic E-state index is -2.90. The Balaban J connectivity index is 1.01. The zero-order valence-electron chi connectivity index (χ0n) is 32.6. The van der Waals surface area contributed by atoms with E-state index >= 15 is 4.79 Å². The molecule has 1 unspecified atom stereocenters. The first-order chi connectivity index (χ1) is 28.1. The Morgan fingerprint density at radius 1 is 0.845 bits per heavy atom. The molecule has 1 saturated heterocycles. The van der Waals surface area contributed by atoms with Gasteiger partial charge in [0.2, 0.25) is 0 Å². The maximum Gasteiger partial charge on any atom is 0.266 e. The van der Waals surface area contributed by atoms with E-state index in [9.17, 15) is 14.7 Å². The number of anilines is 3. The molecule has 11 nitrogen and oxygen atoms in total. The van der Waals surface area contributed by atoms with E-state index in [-0.39, 0.29) is 42.3 Å². The van der Waals surface area contributed by atoms with E-state index in [0.29, 0.717) is 47.1 Å². The summed E-state index contributed by atoms with van der Waals surface area (Å²) in [7, 11) is -2.90. The molecular formula is C46H45N5O6Si. The summed E-state index contributed by atoms with van der Waals surface area (Å²) in [5.41, 5.74) is 4.15. The average molecular weight is 792 g/mol. The molecule has 12 heteroatoms. The fraction of sp³-hybridized carbons (Fsp3) is 0.261. The lowest BCUT2D eigenvalue weighted by Crippen LogP contribution is -2.46. The van der Waals surface area contributed by atoms with E-state index in [1.165, 1.54) is 0 Å². The second-order valence-electron chi connectivity index (χ2n) is 16.0. The highest BCUT2D eigenvalue weighted by molar-refractivity contribution is 6.71. The highest BCUT2D eigenvalue weighted by Crippen LogP contribution is 2.60. The summed E-state index contributed by atoms with van der Waals surface area (Å²) in [6.45, 7) is 6.47. The molecule has 3 aliphatic rings. The Labute approximate surface area is 338 Å². The Hall–Kier alpha value is -5.92. The number of aryl methyl sites for hydroxylation is 1. The van der Waals surface area contributed by atoms with Crippen LogP contribution in [0, 0.1) is 5.92 Å². The van der Waals surface area contributed by atoms with Gasteiger partial charge in [0, 0.05) is 35.5 Å². The van der Waals surface area contributed by atoms with Gasteiger partial charge in [0.25, 0.3) is 11.8 Å². The van der Waals surface area contributed by atoms with Crippen molar-refractivity contribution in [1.29, 1.82) is 0 Å². The molecule has 1 aromatic heterocycles. The number of carbonyl (C=O) groups is 2. The SMILES string of the molecule is C[C@H]1[C@H]([Si](C)(C)O)[C@@H](CCn2cc(C(CO)c3ccccc3)nn2)O[C@]12C(=O)N(Cc1cccc(N3C(=O)c4ccccc4Oc4ccccc43)c1)c1ccccc12. The summed E-state index contributed by atoms with van der Waals surface area (Å²) in [6.07, 6.45) is 1.92. The first-order valence-corrected chi connectivity index (χ1v) is 22.8. The van der Waals surface area contributed by atoms with Gasteiger partial charge >= 0.3 is 0 Å². The molecule has 9 rings (SSSR count). The molecule has 58 heavy (non-hydrogen) atoms. The molecule has 5 atom stereocenters. The predicted octanol–water partition coefficient (Wildman–Crippen LogP) is 7.92. The van der Waals surface area contributed by atoms with Crippen LogP contribution in [0.4, 0.5) is 17.1 Å². The van der Waals surface area contributed by atoms with E-state index in [0.717, 1.165) is 22.4 Å². The summed E-state index contributed by atoms with van der Waals surface area (Å²) < 4.78 is 15.1. The topological polar surface area (TPSA) is 130 Å². The fourth-order valence-electron chi connectivity index (χ4n) is 9.40. The number of aliphatic hydroxyl groups is 1. The second-order valence-corrected chi connectivity index (χ2v) is 20.0. The summed E-state index contributed by atoms with van der Waals surface area (Å²) in [5.74, 6) is 0.0320. The zero-order chi connectivity index (χ0) is 40.2. The summed E-state index contributed by atoms with van der Waals surface area (Å²) in [5, 5.41) is 19.0. The molecule has 2 amide bonds. The predicted molar refractivity (Wildman–Crippen MR) is 223 cm³/mol. The molecule has 0 saturated carbocycles. The van der Waals surface area contributed by atoms with Gasteiger partial charge in [-0.25, -0.2) is 0 Å². The number of para-hydroxylation sites is 4. The van der Waals surface area contributed by atoms with Crippen LogP contribution in [0.2, 0.25) is 18.6 Å². The Morgan fingerprint density at radius 3 is 2.33 bits per heavy atom. The molecule has 6 aromatic rings. The third kappa shape index (κ3) is 6.33. The van der Waals surface area contributed by atoms with Crippen molar-refractivity contribution >= 4 is 37.2 Å². The molecule has 0 aliphatic carbocycles. The second kappa shape index (κ2) is 14.8. The number of ether oxygens (including phenoxy) is 2. The van der Waals surface area contributed by atoms with Crippen LogP contribution in [0.3, 0.4) is 0 Å². The van der Waals surface area contributed by atoms with E-state index in [4.69, 9.17) is 9.47 Å². The number of hydrogen-bond acceptors (Lipinski definition) is 8. The molecule has 1 fully saturated rings. The number of amides is 2. The van der Waals surface area contributed by atoms with Crippen molar-refractivity contribution in [2.45, 2.75) is 62.7 Å². The van der Waals surface area contributed by atoms with E-state index in [1.807, 2.05) is 141 Å². The molecule has 0 radical (unpaired) electrons. The smallest absolute Gasteiger partial charge is 0.266 e. The van der Waals surface area contributed by atoms with Crippen LogP contribution in [0.15, 0.2) is 134 Å². The van der Waals surface area contributed by atoms with Crippen LogP contribution in [-0.4, -0.2) is 57.7 Å². The van der Waals surface area contributed by atoms with Gasteiger partial charge in [-0.15, -0.1) is 5.10 Å². The lowest BCUT2D eigenvalue weighted by molar-refractivity contribution is -0.146. The normalized spacial score (nSPS) is 21.7. The number of aromatic nitrogens is 3. The Morgan fingerprint density at radius 2 is 1.55 bits per heavy atom. The van der Waals surface area contributed by atoms with Gasteiger partial charge in [-0.1, -0.05) is 97.1 Å². The van der Waals surface area contributed by atoms with Crippen molar-refractivity contribution in [1.82, 2.24) is 15.0 Å². The van der Waals surface area contributed by atoms with Crippen LogP contribution < -0.4 is 14.5 Å². The third-order valence-corrected chi connectivity index (χ3v) is 14.5. The van der Waals surface area contributed by atoms with Gasteiger partial charge in [0.05, 0.1) is 47.8 Å². The zero-order valence-corrected chi connectivity index (χ0v) is 33.6. The Bertz CT molecular complexity index is 2500.